The molecule has 0 aliphatic carbocycles. The fourth-order valence-corrected chi connectivity index (χ4v) is 2.86. The first-order chi connectivity index (χ1) is 6.79. The van der Waals surface area contributed by atoms with Crippen molar-refractivity contribution in [3.05, 3.63) is 24.3 Å². The van der Waals surface area contributed by atoms with Crippen molar-refractivity contribution in [2.24, 2.45) is 0 Å². The maximum absolute atomic E-state index is 11.2. The fraction of sp³-hybridized carbons (Fsp3) is 0.143. The van der Waals surface area contributed by atoms with Gasteiger partial charge in [0.2, 0.25) is 0 Å². The molecule has 0 radical (unpaired) electrons. The van der Waals surface area contributed by atoms with Crippen molar-refractivity contribution in [2.45, 2.75) is 9.79 Å². The maximum atomic E-state index is 11.2. The van der Waals surface area contributed by atoms with Crippen LogP contribution in [0.25, 0.3) is 0 Å². The van der Waals surface area contributed by atoms with Crippen LogP contribution >= 0.6 is 0 Å². The molecule has 1 rings (SSSR count). The zero-order valence-electron chi connectivity index (χ0n) is 8.58. The van der Waals surface area contributed by atoms with Gasteiger partial charge in [-0.1, -0.05) is 12.1 Å². The molecule has 84 valence electrons. The second-order valence-electron chi connectivity index (χ2n) is 2.52. The molecule has 16 heavy (non-hydrogen) atoms. The Bertz CT molecular complexity index is 562. The molecule has 0 aliphatic heterocycles. The first kappa shape index (κ1) is 16.8. The van der Waals surface area contributed by atoms with Crippen molar-refractivity contribution in [1.82, 2.24) is 0 Å². The molecule has 0 saturated carbocycles. The van der Waals surface area contributed by atoms with Crippen LogP contribution in [0.4, 0.5) is 0 Å². The molecule has 0 heterocycles. The van der Waals surface area contributed by atoms with E-state index in [2.05, 4.69) is 4.18 Å². The summed E-state index contributed by atoms with van der Waals surface area (Å²) in [6.07, 6.45) is 0. The molecule has 0 atom stereocenters. The molecule has 1 aromatic rings. The molecule has 0 bridgehead atoms. The zero-order chi connectivity index (χ0) is 11.7. The number of hydrogen-bond donors (Lipinski definition) is 0. The van der Waals surface area contributed by atoms with Crippen LogP contribution in [0.2, 0.25) is 0 Å². The van der Waals surface area contributed by atoms with E-state index in [0.717, 1.165) is 19.2 Å². The van der Waals surface area contributed by atoms with Crippen molar-refractivity contribution in [3.63, 3.8) is 0 Å². The van der Waals surface area contributed by atoms with Crippen LogP contribution in [0.5, 0.6) is 0 Å². The van der Waals surface area contributed by atoms with Crippen LogP contribution in [-0.4, -0.2) is 28.5 Å². The minimum absolute atomic E-state index is 0. The molecule has 9 heteroatoms. The minimum atomic E-state index is -4.84. The molecule has 0 N–H and O–H groups in total. The van der Waals surface area contributed by atoms with Crippen molar-refractivity contribution in [2.75, 3.05) is 7.11 Å². The minimum Gasteiger partial charge on any atom is -0.744 e. The monoisotopic (exact) mass is 336 g/mol. The van der Waals surface area contributed by atoms with Gasteiger partial charge < -0.3 is 4.55 Å². The Morgan fingerprint density at radius 1 is 1.06 bits per heavy atom. The predicted octanol–water partition coefficient (Wildman–Crippen LogP) is -3.07. The van der Waals surface area contributed by atoms with Gasteiger partial charge in [-0.25, -0.2) is 8.42 Å². The largest absolute Gasteiger partial charge is 1.00 e. The van der Waals surface area contributed by atoms with E-state index < -0.39 is 30.0 Å². The normalized spacial score (nSPS) is 11.9. The topological polar surface area (TPSA) is 101 Å². The van der Waals surface area contributed by atoms with Gasteiger partial charge in [0, 0.05) is 0 Å². The van der Waals surface area contributed by atoms with Crippen LogP contribution in [0.15, 0.2) is 34.1 Å². The standard InChI is InChI=1S/C7H8O6S2.Rb/c1-13-15(11,12)7-5-3-2-4-6(7)14(8,9)10;/h2-5H,1H3,(H,8,9,10);/q;+1/p-1. The Hall–Kier alpha value is 0.845. The van der Waals surface area contributed by atoms with Crippen molar-refractivity contribution < 1.29 is 83.8 Å². The maximum Gasteiger partial charge on any atom is 1.00 e. The van der Waals surface area contributed by atoms with Gasteiger partial charge in [-0.15, -0.1) is 0 Å². The molecule has 0 amide bonds. The molecule has 0 aliphatic rings. The molecule has 6 nitrogen and oxygen atoms in total. The third-order valence-electron chi connectivity index (χ3n) is 1.61. The van der Waals surface area contributed by atoms with Crippen LogP contribution in [0.3, 0.4) is 0 Å². The number of rotatable bonds is 3. The third kappa shape index (κ3) is 3.95. The van der Waals surface area contributed by atoms with Gasteiger partial charge >= 0.3 is 58.2 Å². The first-order valence-corrected chi connectivity index (χ1v) is 6.46. The molecular formula is C7H7O6RbS2. The van der Waals surface area contributed by atoms with Gasteiger partial charge in [0.05, 0.1) is 12.0 Å². The van der Waals surface area contributed by atoms with Gasteiger partial charge in [0.1, 0.15) is 15.0 Å². The van der Waals surface area contributed by atoms with Crippen molar-refractivity contribution in [1.29, 1.82) is 0 Å². The van der Waals surface area contributed by atoms with E-state index in [1.54, 1.807) is 0 Å². The van der Waals surface area contributed by atoms with E-state index in [9.17, 15) is 21.4 Å². The summed E-state index contributed by atoms with van der Waals surface area (Å²) in [7, 11) is -8.15. The van der Waals surface area contributed by atoms with E-state index in [4.69, 9.17) is 0 Å². The quantitative estimate of drug-likeness (QED) is 0.429. The average molecular weight is 337 g/mol. The summed E-state index contributed by atoms with van der Waals surface area (Å²) in [6.45, 7) is 0. The summed E-state index contributed by atoms with van der Waals surface area (Å²) in [5.74, 6) is 0. The summed E-state index contributed by atoms with van der Waals surface area (Å²) in [5.41, 5.74) is 0. The molecule has 0 fully saturated rings. The SMILES string of the molecule is COS(=O)(=O)c1ccccc1S(=O)(=O)[O-].[Rb+]. The Labute approximate surface area is 143 Å². The van der Waals surface area contributed by atoms with Crippen molar-refractivity contribution in [3.8, 4) is 0 Å². The second-order valence-corrected chi connectivity index (χ2v) is 5.55. The predicted molar refractivity (Wildman–Crippen MR) is 48.6 cm³/mol. The van der Waals surface area contributed by atoms with Crippen LogP contribution in [-0.2, 0) is 24.4 Å². The first-order valence-electron chi connectivity index (χ1n) is 3.64. The van der Waals surface area contributed by atoms with E-state index in [-0.39, 0.29) is 58.2 Å². The van der Waals surface area contributed by atoms with Crippen LogP contribution < -0.4 is 58.2 Å². The fourth-order valence-electron chi connectivity index (χ4n) is 0.953. The number of hydrogen-bond acceptors (Lipinski definition) is 6. The van der Waals surface area contributed by atoms with Crippen molar-refractivity contribution >= 4 is 20.2 Å². The average Bonchev–Trinajstić information content (AvgIpc) is 2.16. The molecule has 1 aromatic carbocycles. The molecule has 0 saturated heterocycles. The molecule has 0 aromatic heterocycles. The molecule has 0 spiro atoms. The second kappa shape index (κ2) is 6.14. The van der Waals surface area contributed by atoms with Gasteiger partial charge in [-0.2, -0.15) is 8.42 Å². The van der Waals surface area contributed by atoms with Gasteiger partial charge in [-0.3, -0.25) is 4.18 Å². The third-order valence-corrected chi connectivity index (χ3v) is 3.96. The van der Waals surface area contributed by atoms with E-state index in [1.807, 2.05) is 0 Å². The van der Waals surface area contributed by atoms with Gasteiger partial charge in [0.15, 0.2) is 0 Å². The summed E-state index contributed by atoms with van der Waals surface area (Å²) in [4.78, 5) is -1.46. The van der Waals surface area contributed by atoms with Crippen LogP contribution in [0, 0.1) is 0 Å². The van der Waals surface area contributed by atoms with Crippen LogP contribution in [0.1, 0.15) is 0 Å². The summed E-state index contributed by atoms with van der Waals surface area (Å²) in [5, 5.41) is 0. The smallest absolute Gasteiger partial charge is 0.744 e. The Morgan fingerprint density at radius 2 is 1.50 bits per heavy atom. The summed E-state index contributed by atoms with van der Waals surface area (Å²) < 4.78 is 58.8. The molecule has 0 unspecified atom stereocenters. The Kier molecular flexibility index (Phi) is 6.47. The van der Waals surface area contributed by atoms with E-state index in [0.29, 0.717) is 0 Å². The Balaban J connectivity index is 0.00000225. The zero-order valence-corrected chi connectivity index (χ0v) is 15.1. The molecular weight excluding hydrogens is 330 g/mol. The van der Waals surface area contributed by atoms with E-state index in [1.165, 1.54) is 12.1 Å². The van der Waals surface area contributed by atoms with Gasteiger partial charge in [-0.05, 0) is 12.1 Å². The Morgan fingerprint density at radius 3 is 1.88 bits per heavy atom. The number of benzene rings is 1. The van der Waals surface area contributed by atoms with E-state index >= 15 is 0 Å². The van der Waals surface area contributed by atoms with Gasteiger partial charge in [0.25, 0.3) is 10.1 Å². The summed E-state index contributed by atoms with van der Waals surface area (Å²) in [6, 6.07) is 4.44. The summed E-state index contributed by atoms with van der Waals surface area (Å²) >= 11 is 0.